The second kappa shape index (κ2) is 4.42. The molecule has 2 aliphatic rings. The molecule has 1 saturated heterocycles. The van der Waals surface area contributed by atoms with Crippen molar-refractivity contribution < 1.29 is 4.52 Å². The van der Waals surface area contributed by atoms with E-state index in [1.165, 1.54) is 5.56 Å². The van der Waals surface area contributed by atoms with Crippen LogP contribution in [-0.4, -0.2) is 23.2 Å². The predicted octanol–water partition coefficient (Wildman–Crippen LogP) is 2.47. The van der Waals surface area contributed by atoms with Gasteiger partial charge in [0.05, 0.1) is 11.3 Å². The summed E-state index contributed by atoms with van der Waals surface area (Å²) in [6.45, 7) is 4.21. The van der Waals surface area contributed by atoms with Gasteiger partial charge in [0.1, 0.15) is 0 Å². The molecule has 1 N–H and O–H groups in total. The highest BCUT2D eigenvalue weighted by Crippen LogP contribution is 2.52. The van der Waals surface area contributed by atoms with Gasteiger partial charge >= 0.3 is 0 Å². The molecule has 1 aromatic carbocycles. The van der Waals surface area contributed by atoms with E-state index < -0.39 is 0 Å². The third kappa shape index (κ3) is 1.79. The standard InChI is InChI=1S/C16H19N3O/c1-11-9-17-10-13(11)14-18-15(19-20-14)16(7-8-16)12-5-3-2-4-6-12/h2-6,11,13,17H,7-10H2,1H3. The van der Waals surface area contributed by atoms with E-state index >= 15 is 0 Å². The van der Waals surface area contributed by atoms with Crippen LogP contribution in [0.4, 0.5) is 0 Å². The van der Waals surface area contributed by atoms with Crippen molar-refractivity contribution in [1.82, 2.24) is 15.5 Å². The predicted molar refractivity (Wildman–Crippen MR) is 75.5 cm³/mol. The average molecular weight is 269 g/mol. The van der Waals surface area contributed by atoms with Gasteiger partial charge in [-0.05, 0) is 30.9 Å². The fourth-order valence-electron chi connectivity index (χ4n) is 3.24. The molecule has 0 spiro atoms. The molecule has 0 bridgehead atoms. The fourth-order valence-corrected chi connectivity index (χ4v) is 3.24. The lowest BCUT2D eigenvalue weighted by Crippen LogP contribution is -2.12. The second-order valence-corrected chi connectivity index (χ2v) is 6.15. The number of rotatable bonds is 3. The van der Waals surface area contributed by atoms with Crippen molar-refractivity contribution in [1.29, 1.82) is 0 Å². The molecular formula is C16H19N3O. The summed E-state index contributed by atoms with van der Waals surface area (Å²) < 4.78 is 5.57. The Morgan fingerprint density at radius 2 is 2.00 bits per heavy atom. The molecular weight excluding hydrogens is 250 g/mol. The minimum absolute atomic E-state index is 0.0122. The Bertz CT molecular complexity index is 603. The van der Waals surface area contributed by atoms with Crippen molar-refractivity contribution >= 4 is 0 Å². The van der Waals surface area contributed by atoms with Gasteiger partial charge in [-0.1, -0.05) is 42.4 Å². The van der Waals surface area contributed by atoms with Gasteiger partial charge in [-0.15, -0.1) is 0 Å². The number of hydrogen-bond donors (Lipinski definition) is 1. The van der Waals surface area contributed by atoms with Gasteiger partial charge in [-0.3, -0.25) is 0 Å². The lowest BCUT2D eigenvalue weighted by atomic mass is 9.95. The van der Waals surface area contributed by atoms with E-state index in [4.69, 9.17) is 9.51 Å². The molecule has 2 unspecified atom stereocenters. The van der Waals surface area contributed by atoms with Crippen molar-refractivity contribution in [2.24, 2.45) is 5.92 Å². The topological polar surface area (TPSA) is 51.0 Å². The average Bonchev–Trinajstić information content (AvgIpc) is 2.94. The van der Waals surface area contributed by atoms with E-state index in [1.807, 2.05) is 6.07 Å². The van der Waals surface area contributed by atoms with E-state index in [2.05, 4.69) is 41.7 Å². The first-order chi connectivity index (χ1) is 9.79. The van der Waals surface area contributed by atoms with Gasteiger partial charge in [0.2, 0.25) is 5.89 Å². The molecule has 1 saturated carbocycles. The summed E-state index contributed by atoms with van der Waals surface area (Å²) >= 11 is 0. The van der Waals surface area contributed by atoms with Crippen LogP contribution in [0.15, 0.2) is 34.9 Å². The van der Waals surface area contributed by atoms with E-state index in [1.54, 1.807) is 0 Å². The molecule has 2 fully saturated rings. The normalized spacial score (nSPS) is 27.6. The molecule has 2 aromatic rings. The molecule has 0 amide bonds. The maximum absolute atomic E-state index is 5.57. The van der Waals surface area contributed by atoms with Crippen molar-refractivity contribution in [3.63, 3.8) is 0 Å². The van der Waals surface area contributed by atoms with E-state index in [9.17, 15) is 0 Å². The molecule has 4 heteroatoms. The Kier molecular flexibility index (Phi) is 2.67. The van der Waals surface area contributed by atoms with Crippen molar-refractivity contribution in [2.75, 3.05) is 13.1 Å². The third-order valence-corrected chi connectivity index (χ3v) is 4.78. The Morgan fingerprint density at radius 3 is 2.65 bits per heavy atom. The first-order valence-corrected chi connectivity index (χ1v) is 7.40. The zero-order valence-electron chi connectivity index (χ0n) is 11.7. The van der Waals surface area contributed by atoms with Crippen LogP contribution in [0.2, 0.25) is 0 Å². The van der Waals surface area contributed by atoms with Crippen molar-refractivity contribution in [3.05, 3.63) is 47.6 Å². The van der Waals surface area contributed by atoms with Gasteiger partial charge in [0.15, 0.2) is 5.82 Å². The number of benzene rings is 1. The van der Waals surface area contributed by atoms with E-state index in [0.29, 0.717) is 11.8 Å². The highest BCUT2D eigenvalue weighted by atomic mass is 16.5. The summed E-state index contributed by atoms with van der Waals surface area (Å²) in [5, 5.41) is 7.68. The Hall–Kier alpha value is -1.68. The van der Waals surface area contributed by atoms with Crippen LogP contribution in [0.3, 0.4) is 0 Å². The van der Waals surface area contributed by atoms with Crippen LogP contribution in [0, 0.1) is 5.92 Å². The largest absolute Gasteiger partial charge is 0.339 e. The van der Waals surface area contributed by atoms with Gasteiger partial charge in [-0.2, -0.15) is 4.98 Å². The fraction of sp³-hybridized carbons (Fsp3) is 0.500. The Balaban J connectivity index is 1.65. The maximum Gasteiger partial charge on any atom is 0.231 e. The van der Waals surface area contributed by atoms with Crippen LogP contribution in [-0.2, 0) is 5.41 Å². The smallest absolute Gasteiger partial charge is 0.231 e. The number of hydrogen-bond acceptors (Lipinski definition) is 4. The second-order valence-electron chi connectivity index (χ2n) is 6.15. The zero-order valence-corrected chi connectivity index (χ0v) is 11.7. The molecule has 4 rings (SSSR count). The highest BCUT2D eigenvalue weighted by Gasteiger charge is 2.50. The van der Waals surface area contributed by atoms with Gasteiger partial charge in [0.25, 0.3) is 0 Å². The SMILES string of the molecule is CC1CNCC1c1nc(C2(c3ccccc3)CC2)no1. The minimum Gasteiger partial charge on any atom is -0.339 e. The lowest BCUT2D eigenvalue weighted by Gasteiger charge is -2.10. The van der Waals surface area contributed by atoms with Crippen LogP contribution in [0.1, 0.15) is 43.0 Å². The summed E-state index contributed by atoms with van der Waals surface area (Å²) in [5.74, 6) is 2.61. The van der Waals surface area contributed by atoms with Crippen molar-refractivity contribution in [2.45, 2.75) is 31.1 Å². The Morgan fingerprint density at radius 1 is 1.20 bits per heavy atom. The molecule has 2 heterocycles. The highest BCUT2D eigenvalue weighted by molar-refractivity contribution is 5.38. The summed E-state index contributed by atoms with van der Waals surface area (Å²) in [5.41, 5.74) is 1.32. The number of aromatic nitrogens is 2. The van der Waals surface area contributed by atoms with Gasteiger partial charge < -0.3 is 9.84 Å². The molecule has 1 aromatic heterocycles. The first kappa shape index (κ1) is 12.1. The molecule has 20 heavy (non-hydrogen) atoms. The summed E-state index contributed by atoms with van der Waals surface area (Å²) in [6, 6.07) is 10.6. The molecule has 4 nitrogen and oxygen atoms in total. The summed E-state index contributed by atoms with van der Waals surface area (Å²) in [6.07, 6.45) is 2.24. The van der Waals surface area contributed by atoms with Crippen molar-refractivity contribution in [3.8, 4) is 0 Å². The van der Waals surface area contributed by atoms with Crippen LogP contribution in [0.5, 0.6) is 0 Å². The summed E-state index contributed by atoms with van der Waals surface area (Å²) in [4.78, 5) is 4.74. The molecule has 1 aliphatic carbocycles. The van der Waals surface area contributed by atoms with E-state index in [-0.39, 0.29) is 5.41 Å². The molecule has 1 aliphatic heterocycles. The van der Waals surface area contributed by atoms with E-state index in [0.717, 1.165) is 37.6 Å². The Labute approximate surface area is 118 Å². The molecule has 104 valence electrons. The first-order valence-electron chi connectivity index (χ1n) is 7.40. The van der Waals surface area contributed by atoms with Gasteiger partial charge in [0, 0.05) is 6.54 Å². The molecule has 2 atom stereocenters. The summed E-state index contributed by atoms with van der Waals surface area (Å²) in [7, 11) is 0. The van der Waals surface area contributed by atoms with Gasteiger partial charge in [-0.25, -0.2) is 0 Å². The quantitative estimate of drug-likeness (QED) is 0.930. The van der Waals surface area contributed by atoms with Crippen LogP contribution < -0.4 is 5.32 Å². The third-order valence-electron chi connectivity index (χ3n) is 4.78. The monoisotopic (exact) mass is 269 g/mol. The molecule has 0 radical (unpaired) electrons. The van der Waals surface area contributed by atoms with Crippen LogP contribution >= 0.6 is 0 Å². The minimum atomic E-state index is 0.0122. The zero-order chi connectivity index (χ0) is 13.6. The number of nitrogens with zero attached hydrogens (tertiary/aromatic N) is 2. The lowest BCUT2D eigenvalue weighted by molar-refractivity contribution is 0.335. The number of nitrogens with one attached hydrogen (secondary N) is 1. The maximum atomic E-state index is 5.57. The van der Waals surface area contributed by atoms with Crippen LogP contribution in [0.25, 0.3) is 0 Å².